The number of carbonyl (C=O) groups excluding carboxylic acids is 2. The monoisotopic (exact) mass is 285 g/mol. The number of carbonyl (C=O) groups is 2. The summed E-state index contributed by atoms with van der Waals surface area (Å²) >= 11 is 0. The lowest BCUT2D eigenvalue weighted by Crippen LogP contribution is -2.65. The van der Waals surface area contributed by atoms with Crippen LogP contribution in [0.25, 0.3) is 0 Å². The van der Waals surface area contributed by atoms with Crippen LogP contribution in [0.2, 0.25) is 0 Å². The number of nitrogens with zero attached hydrogens (tertiary/aromatic N) is 1. The van der Waals surface area contributed by atoms with Crippen molar-refractivity contribution in [1.82, 2.24) is 4.90 Å². The second-order valence-corrected chi connectivity index (χ2v) is 5.01. The lowest BCUT2D eigenvalue weighted by molar-refractivity contribution is -0.254. The van der Waals surface area contributed by atoms with E-state index in [1.807, 2.05) is 13.8 Å². The van der Waals surface area contributed by atoms with E-state index in [1.165, 1.54) is 0 Å². The molecule has 0 aromatic carbocycles. The minimum Gasteiger partial charge on any atom is -0.450 e. The molecule has 0 spiro atoms. The lowest BCUT2D eigenvalue weighted by atomic mass is 9.94. The first-order valence-electron chi connectivity index (χ1n) is 7.36. The van der Waals surface area contributed by atoms with Gasteiger partial charge in [0.15, 0.2) is 5.78 Å². The number of Topliss-reactive ketones (excluding diaryl/α,β-unsaturated/α-hetero) is 1. The van der Waals surface area contributed by atoms with Crippen molar-refractivity contribution in [2.75, 3.05) is 19.8 Å². The van der Waals surface area contributed by atoms with Gasteiger partial charge >= 0.3 is 6.09 Å². The quantitative estimate of drug-likeness (QED) is 0.720. The molecule has 1 amide bonds. The van der Waals surface area contributed by atoms with Gasteiger partial charge in [0.25, 0.3) is 0 Å². The number of amides is 1. The van der Waals surface area contributed by atoms with Crippen LogP contribution in [0.4, 0.5) is 4.79 Å². The molecule has 114 valence electrons. The number of ketones is 1. The third-order valence-corrected chi connectivity index (χ3v) is 3.95. The number of hydrogen-bond acceptors (Lipinski definition) is 5. The number of rotatable bonds is 5. The average Bonchev–Trinajstić information content (AvgIpc) is 2.76. The second kappa shape index (κ2) is 6.10. The van der Waals surface area contributed by atoms with Gasteiger partial charge in [-0.1, -0.05) is 0 Å². The molecule has 0 aromatic rings. The topological polar surface area (TPSA) is 65.1 Å². The van der Waals surface area contributed by atoms with E-state index < -0.39 is 5.79 Å². The molecule has 6 heteroatoms. The molecular formula is C14H23NO5. The third-order valence-electron chi connectivity index (χ3n) is 3.95. The third kappa shape index (κ3) is 2.31. The second-order valence-electron chi connectivity index (χ2n) is 5.01. The van der Waals surface area contributed by atoms with Crippen LogP contribution >= 0.6 is 0 Å². The van der Waals surface area contributed by atoms with Crippen LogP contribution in [0.5, 0.6) is 0 Å². The van der Waals surface area contributed by atoms with Gasteiger partial charge in [0, 0.05) is 25.7 Å². The maximum absolute atomic E-state index is 12.5. The van der Waals surface area contributed by atoms with Crippen molar-refractivity contribution < 1.29 is 23.8 Å². The number of hydrogen-bond donors (Lipinski definition) is 0. The zero-order chi connectivity index (χ0) is 14.8. The molecule has 2 fully saturated rings. The van der Waals surface area contributed by atoms with Crippen molar-refractivity contribution in [2.24, 2.45) is 0 Å². The summed E-state index contributed by atoms with van der Waals surface area (Å²) in [4.78, 5) is 26.2. The van der Waals surface area contributed by atoms with Gasteiger partial charge in [-0.3, -0.25) is 9.69 Å². The summed E-state index contributed by atoms with van der Waals surface area (Å²) in [5.41, 5.74) is 0. The summed E-state index contributed by atoms with van der Waals surface area (Å²) in [6.07, 6.45) is 1.39. The van der Waals surface area contributed by atoms with Crippen molar-refractivity contribution in [2.45, 2.75) is 57.9 Å². The Balaban J connectivity index is 2.31. The normalized spacial score (nSPS) is 27.8. The Morgan fingerprint density at radius 2 is 1.85 bits per heavy atom. The fourth-order valence-corrected chi connectivity index (χ4v) is 3.30. The molecule has 0 aromatic heterocycles. The van der Waals surface area contributed by atoms with Crippen LogP contribution < -0.4 is 0 Å². The standard InChI is InChI=1S/C14H23NO5/c1-4-18-13(17)15-10-7-8-11(15)14(19-5-2,20-6-3)12(16)9-10/h10-11H,4-9H2,1-3H3/t10-,11+/m0/s1. The smallest absolute Gasteiger partial charge is 0.410 e. The Morgan fingerprint density at radius 3 is 2.40 bits per heavy atom. The lowest BCUT2D eigenvalue weighted by Gasteiger charge is -2.45. The fourth-order valence-electron chi connectivity index (χ4n) is 3.30. The van der Waals surface area contributed by atoms with Crippen LogP contribution in [-0.4, -0.2) is 54.5 Å². The van der Waals surface area contributed by atoms with Crippen LogP contribution in [-0.2, 0) is 19.0 Å². The van der Waals surface area contributed by atoms with Crippen LogP contribution in [0.15, 0.2) is 0 Å². The molecule has 2 atom stereocenters. The predicted octanol–water partition coefficient (Wildman–Crippen LogP) is 1.72. The van der Waals surface area contributed by atoms with E-state index in [4.69, 9.17) is 14.2 Å². The van der Waals surface area contributed by atoms with Crippen molar-refractivity contribution in [3.63, 3.8) is 0 Å². The zero-order valence-electron chi connectivity index (χ0n) is 12.4. The van der Waals surface area contributed by atoms with Crippen LogP contribution in [0.3, 0.4) is 0 Å². The van der Waals surface area contributed by atoms with Crippen molar-refractivity contribution in [1.29, 1.82) is 0 Å². The predicted molar refractivity (Wildman–Crippen MR) is 71.3 cm³/mol. The van der Waals surface area contributed by atoms with Gasteiger partial charge < -0.3 is 14.2 Å². The summed E-state index contributed by atoms with van der Waals surface area (Å²) in [5, 5.41) is 0. The van der Waals surface area contributed by atoms with Crippen molar-refractivity contribution >= 4 is 11.9 Å². The Bertz CT molecular complexity index is 378. The maximum Gasteiger partial charge on any atom is 0.410 e. The highest BCUT2D eigenvalue weighted by atomic mass is 16.7. The molecule has 2 bridgehead atoms. The number of ether oxygens (including phenoxy) is 3. The minimum atomic E-state index is -1.32. The van der Waals surface area contributed by atoms with Gasteiger partial charge in [-0.2, -0.15) is 0 Å². The summed E-state index contributed by atoms with van der Waals surface area (Å²) in [7, 11) is 0. The van der Waals surface area contributed by atoms with Gasteiger partial charge in [-0.25, -0.2) is 4.79 Å². The molecule has 2 aliphatic heterocycles. The highest BCUT2D eigenvalue weighted by Gasteiger charge is 2.60. The molecule has 0 radical (unpaired) electrons. The molecule has 0 unspecified atom stereocenters. The van der Waals surface area contributed by atoms with Gasteiger partial charge in [0.05, 0.1) is 12.6 Å². The van der Waals surface area contributed by atoms with Gasteiger partial charge in [-0.15, -0.1) is 0 Å². The first-order valence-corrected chi connectivity index (χ1v) is 7.36. The molecule has 2 heterocycles. The van der Waals surface area contributed by atoms with Crippen LogP contribution in [0, 0.1) is 0 Å². The molecule has 0 aliphatic carbocycles. The van der Waals surface area contributed by atoms with E-state index in [0.29, 0.717) is 26.2 Å². The summed E-state index contributed by atoms with van der Waals surface area (Å²) < 4.78 is 16.5. The minimum absolute atomic E-state index is 0.0609. The van der Waals surface area contributed by atoms with Gasteiger partial charge in [-0.05, 0) is 33.6 Å². The fraction of sp³-hybridized carbons (Fsp3) is 0.857. The first-order chi connectivity index (χ1) is 9.60. The highest BCUT2D eigenvalue weighted by molar-refractivity contribution is 5.90. The van der Waals surface area contributed by atoms with Crippen molar-refractivity contribution in [3.8, 4) is 0 Å². The highest BCUT2D eigenvalue weighted by Crippen LogP contribution is 2.42. The zero-order valence-corrected chi connectivity index (χ0v) is 12.4. The molecule has 0 saturated carbocycles. The van der Waals surface area contributed by atoms with Crippen LogP contribution in [0.1, 0.15) is 40.0 Å². The van der Waals surface area contributed by atoms with E-state index >= 15 is 0 Å². The molecule has 20 heavy (non-hydrogen) atoms. The first kappa shape index (κ1) is 15.3. The molecule has 2 rings (SSSR count). The SMILES string of the molecule is CCOC(=O)N1[C@H]2CC[C@@H]1C(OCC)(OCC)C(=O)C2. The number of fused-ring (bicyclic) bond motifs is 2. The van der Waals surface area contributed by atoms with E-state index in [1.54, 1.807) is 11.8 Å². The van der Waals surface area contributed by atoms with E-state index in [2.05, 4.69) is 0 Å². The molecular weight excluding hydrogens is 262 g/mol. The summed E-state index contributed by atoms with van der Waals surface area (Å²) in [5.74, 6) is -1.38. The Labute approximate surface area is 119 Å². The maximum atomic E-state index is 12.5. The molecule has 0 N–H and O–H groups in total. The Hall–Kier alpha value is -1.14. The van der Waals surface area contributed by atoms with Crippen molar-refractivity contribution in [3.05, 3.63) is 0 Å². The molecule has 2 aliphatic rings. The average molecular weight is 285 g/mol. The molecule has 2 saturated heterocycles. The summed E-state index contributed by atoms with van der Waals surface area (Å²) in [6, 6.07) is -0.465. The van der Waals surface area contributed by atoms with Gasteiger partial charge in [0.2, 0.25) is 5.79 Å². The summed E-state index contributed by atoms with van der Waals surface area (Å²) in [6.45, 7) is 6.47. The van der Waals surface area contributed by atoms with E-state index in [9.17, 15) is 9.59 Å². The number of piperidine rings is 1. The van der Waals surface area contributed by atoms with E-state index in [-0.39, 0.29) is 30.4 Å². The van der Waals surface area contributed by atoms with E-state index in [0.717, 1.165) is 6.42 Å². The Morgan fingerprint density at radius 1 is 1.20 bits per heavy atom. The Kier molecular flexibility index (Phi) is 4.65. The molecule has 6 nitrogen and oxygen atoms in total. The largest absolute Gasteiger partial charge is 0.450 e. The van der Waals surface area contributed by atoms with Gasteiger partial charge in [0.1, 0.15) is 0 Å².